The third-order valence-electron chi connectivity index (χ3n) is 4.74. The first-order valence-corrected chi connectivity index (χ1v) is 10.8. The highest BCUT2D eigenvalue weighted by atomic mass is 127. The largest absolute Gasteiger partial charge is 0.495 e. The van der Waals surface area contributed by atoms with E-state index in [4.69, 9.17) is 4.74 Å². The van der Waals surface area contributed by atoms with Gasteiger partial charge in [0.15, 0.2) is 5.96 Å². The van der Waals surface area contributed by atoms with Crippen molar-refractivity contribution < 1.29 is 9.53 Å². The zero-order valence-electron chi connectivity index (χ0n) is 19.5. The highest BCUT2D eigenvalue weighted by Gasteiger charge is 2.07. The van der Waals surface area contributed by atoms with Gasteiger partial charge in [0.2, 0.25) is 5.91 Å². The molecule has 176 valence electrons. The molecule has 2 rings (SSSR count). The number of para-hydroxylation sites is 1. The van der Waals surface area contributed by atoms with Gasteiger partial charge in [0.05, 0.1) is 19.3 Å². The Hall–Kier alpha value is -2.49. The Morgan fingerprint density at radius 1 is 1.09 bits per heavy atom. The standard InChI is InChI=1S/C24H35N5O2.HI/c1-5-25-24(26-15-10-16-29(6-2)21-11-8-7-9-12-21)27-18-20-13-14-23(31-4)22(17-20)28-19(3)30;/h7-9,11-14,17H,5-6,10,15-16,18H2,1-4H3,(H,28,30)(H2,25,26,27);1H. The summed E-state index contributed by atoms with van der Waals surface area (Å²) >= 11 is 0. The molecule has 0 unspecified atom stereocenters. The molecule has 2 aromatic rings. The SMILES string of the molecule is CCNC(=NCc1ccc(OC)c(NC(C)=O)c1)NCCCN(CC)c1ccccc1.I. The molecule has 1 amide bonds. The van der Waals surface area contributed by atoms with E-state index in [-0.39, 0.29) is 29.9 Å². The molecule has 8 heteroatoms. The Kier molecular flexibility index (Phi) is 13.2. The minimum Gasteiger partial charge on any atom is -0.495 e. The fourth-order valence-corrected chi connectivity index (χ4v) is 3.24. The molecular formula is C24H36IN5O2. The molecule has 0 radical (unpaired) electrons. The third-order valence-corrected chi connectivity index (χ3v) is 4.74. The number of rotatable bonds is 11. The highest BCUT2D eigenvalue weighted by Crippen LogP contribution is 2.25. The van der Waals surface area contributed by atoms with Crippen molar-refractivity contribution in [3.05, 3.63) is 54.1 Å². The molecule has 0 fully saturated rings. The predicted octanol–water partition coefficient (Wildman–Crippen LogP) is 4.24. The summed E-state index contributed by atoms with van der Waals surface area (Å²) in [5, 5.41) is 9.50. The fraction of sp³-hybridized carbons (Fsp3) is 0.417. The van der Waals surface area contributed by atoms with Gasteiger partial charge in [-0.3, -0.25) is 4.79 Å². The van der Waals surface area contributed by atoms with Crippen LogP contribution in [0.4, 0.5) is 11.4 Å². The van der Waals surface area contributed by atoms with Crippen molar-refractivity contribution in [3.8, 4) is 5.75 Å². The van der Waals surface area contributed by atoms with E-state index in [1.54, 1.807) is 7.11 Å². The van der Waals surface area contributed by atoms with Crippen molar-refractivity contribution in [3.63, 3.8) is 0 Å². The minimum atomic E-state index is -0.134. The smallest absolute Gasteiger partial charge is 0.221 e. The van der Waals surface area contributed by atoms with Crippen LogP contribution in [0.2, 0.25) is 0 Å². The van der Waals surface area contributed by atoms with Crippen LogP contribution >= 0.6 is 24.0 Å². The second-order valence-electron chi connectivity index (χ2n) is 7.11. The van der Waals surface area contributed by atoms with Crippen LogP contribution in [0.5, 0.6) is 5.75 Å². The Morgan fingerprint density at radius 3 is 2.47 bits per heavy atom. The van der Waals surface area contributed by atoms with E-state index in [0.717, 1.165) is 44.1 Å². The summed E-state index contributed by atoms with van der Waals surface area (Å²) in [6.07, 6.45) is 1.00. The number of methoxy groups -OCH3 is 1. The molecule has 2 aromatic carbocycles. The van der Waals surface area contributed by atoms with Crippen molar-refractivity contribution in [1.29, 1.82) is 0 Å². The van der Waals surface area contributed by atoms with Gasteiger partial charge in [-0.2, -0.15) is 0 Å². The number of nitrogens with one attached hydrogen (secondary N) is 3. The molecule has 0 aliphatic rings. The van der Waals surface area contributed by atoms with Crippen LogP contribution in [-0.4, -0.2) is 45.2 Å². The maximum Gasteiger partial charge on any atom is 0.221 e. The topological polar surface area (TPSA) is 78.0 Å². The van der Waals surface area contributed by atoms with Crippen molar-refractivity contribution >= 4 is 47.2 Å². The van der Waals surface area contributed by atoms with Crippen molar-refractivity contribution in [1.82, 2.24) is 10.6 Å². The first-order valence-electron chi connectivity index (χ1n) is 10.8. The van der Waals surface area contributed by atoms with E-state index in [1.807, 2.05) is 31.2 Å². The lowest BCUT2D eigenvalue weighted by atomic mass is 10.2. The Labute approximate surface area is 209 Å². The number of carbonyl (C=O) groups is 1. The number of carbonyl (C=O) groups excluding carboxylic acids is 1. The van der Waals surface area contributed by atoms with E-state index in [2.05, 4.69) is 57.0 Å². The van der Waals surface area contributed by atoms with Crippen molar-refractivity contribution in [2.45, 2.75) is 33.7 Å². The van der Waals surface area contributed by atoms with Gasteiger partial charge in [-0.1, -0.05) is 24.3 Å². The molecular weight excluding hydrogens is 517 g/mol. The average molecular weight is 553 g/mol. The maximum absolute atomic E-state index is 11.4. The zero-order valence-corrected chi connectivity index (χ0v) is 21.8. The number of halogens is 1. The number of benzene rings is 2. The Morgan fingerprint density at radius 2 is 1.84 bits per heavy atom. The molecule has 32 heavy (non-hydrogen) atoms. The summed E-state index contributed by atoms with van der Waals surface area (Å²) in [4.78, 5) is 18.5. The molecule has 0 saturated heterocycles. The average Bonchev–Trinajstić information content (AvgIpc) is 2.77. The number of anilines is 2. The monoisotopic (exact) mass is 553 g/mol. The van der Waals surface area contributed by atoms with Gasteiger partial charge < -0.3 is 25.6 Å². The summed E-state index contributed by atoms with van der Waals surface area (Å²) in [5.41, 5.74) is 2.89. The summed E-state index contributed by atoms with van der Waals surface area (Å²) in [5.74, 6) is 1.28. The second-order valence-corrected chi connectivity index (χ2v) is 7.11. The van der Waals surface area contributed by atoms with Crippen LogP contribution in [0.25, 0.3) is 0 Å². The van der Waals surface area contributed by atoms with Gasteiger partial charge in [0.25, 0.3) is 0 Å². The molecule has 0 heterocycles. The lowest BCUT2D eigenvalue weighted by Gasteiger charge is -2.23. The molecule has 7 nitrogen and oxygen atoms in total. The molecule has 0 bridgehead atoms. The minimum absolute atomic E-state index is 0. The van der Waals surface area contributed by atoms with E-state index in [9.17, 15) is 4.79 Å². The molecule has 0 aliphatic carbocycles. The molecule has 0 saturated carbocycles. The van der Waals surface area contributed by atoms with Crippen LogP contribution in [-0.2, 0) is 11.3 Å². The van der Waals surface area contributed by atoms with Crippen LogP contribution < -0.4 is 25.6 Å². The molecule has 0 aliphatic heterocycles. The first-order chi connectivity index (χ1) is 15.1. The van der Waals surface area contributed by atoms with Crippen molar-refractivity contribution in [2.24, 2.45) is 4.99 Å². The van der Waals surface area contributed by atoms with Gasteiger partial charge in [0.1, 0.15) is 5.75 Å². The van der Waals surface area contributed by atoms with E-state index >= 15 is 0 Å². The summed E-state index contributed by atoms with van der Waals surface area (Å²) < 4.78 is 5.31. The Balaban J connectivity index is 0.00000512. The number of ether oxygens (including phenoxy) is 1. The lowest BCUT2D eigenvalue weighted by molar-refractivity contribution is -0.114. The fourth-order valence-electron chi connectivity index (χ4n) is 3.24. The number of aliphatic imine (C=N–C) groups is 1. The number of amides is 1. The number of hydrogen-bond acceptors (Lipinski definition) is 4. The zero-order chi connectivity index (χ0) is 22.5. The van der Waals surface area contributed by atoms with Gasteiger partial charge in [0, 0.05) is 38.8 Å². The van der Waals surface area contributed by atoms with E-state index < -0.39 is 0 Å². The van der Waals surface area contributed by atoms with E-state index in [0.29, 0.717) is 18.0 Å². The maximum atomic E-state index is 11.4. The molecule has 3 N–H and O–H groups in total. The number of hydrogen-bond donors (Lipinski definition) is 3. The molecule has 0 aromatic heterocycles. The van der Waals surface area contributed by atoms with Gasteiger partial charge in [-0.05, 0) is 50.1 Å². The summed E-state index contributed by atoms with van der Waals surface area (Å²) in [7, 11) is 1.59. The summed E-state index contributed by atoms with van der Waals surface area (Å²) in [6.45, 7) is 9.78. The Bertz CT molecular complexity index is 846. The van der Waals surface area contributed by atoms with Gasteiger partial charge in [-0.15, -0.1) is 24.0 Å². The van der Waals surface area contributed by atoms with Gasteiger partial charge in [-0.25, -0.2) is 4.99 Å². The normalized spacial score (nSPS) is 10.7. The van der Waals surface area contributed by atoms with Crippen LogP contribution in [0.1, 0.15) is 32.8 Å². The van der Waals surface area contributed by atoms with E-state index in [1.165, 1.54) is 12.6 Å². The quantitative estimate of drug-likeness (QED) is 0.168. The number of guanidine groups is 1. The lowest BCUT2D eigenvalue weighted by Crippen LogP contribution is -2.38. The summed E-state index contributed by atoms with van der Waals surface area (Å²) in [6, 6.07) is 16.2. The predicted molar refractivity (Wildman–Crippen MR) is 144 cm³/mol. The third kappa shape index (κ3) is 9.33. The molecule has 0 spiro atoms. The van der Waals surface area contributed by atoms with Crippen LogP contribution in [0.15, 0.2) is 53.5 Å². The van der Waals surface area contributed by atoms with Crippen LogP contribution in [0.3, 0.4) is 0 Å². The van der Waals surface area contributed by atoms with Gasteiger partial charge >= 0.3 is 0 Å². The number of nitrogens with zero attached hydrogens (tertiary/aromatic N) is 2. The van der Waals surface area contributed by atoms with Crippen LogP contribution in [0, 0.1) is 0 Å². The van der Waals surface area contributed by atoms with Crippen molar-refractivity contribution in [2.75, 3.05) is 43.5 Å². The second kappa shape index (κ2) is 15.3. The highest BCUT2D eigenvalue weighted by molar-refractivity contribution is 14.0. The first kappa shape index (κ1) is 27.5. The molecule has 0 atom stereocenters.